The minimum Gasteiger partial charge on any atom is -0.480 e. The van der Waals surface area contributed by atoms with Gasteiger partial charge in [-0.2, -0.15) is 0 Å². The highest BCUT2D eigenvalue weighted by Crippen LogP contribution is 2.29. The normalized spacial score (nSPS) is 18.6. The minimum absolute atomic E-state index is 0.0248. The Labute approximate surface area is 521 Å². The van der Waals surface area contributed by atoms with Crippen LogP contribution >= 0.6 is 11.3 Å². The van der Waals surface area contributed by atoms with Crippen LogP contribution in [0.15, 0.2) is 92.1 Å². The molecule has 2 saturated heterocycles. The number of likely N-dealkylation sites (tertiary alicyclic amines) is 2. The van der Waals surface area contributed by atoms with E-state index in [4.69, 9.17) is 39.4 Å². The van der Waals surface area contributed by atoms with E-state index in [1.165, 1.54) is 16.2 Å². The fraction of sp³-hybridized carbons (Fsp3) is 0.474. The van der Waals surface area contributed by atoms with Crippen LogP contribution in [0.1, 0.15) is 73.8 Å². The number of para-hydroxylation sites is 1. The molecule has 2 fully saturated rings. The van der Waals surface area contributed by atoms with Gasteiger partial charge in [-0.15, -0.1) is 11.3 Å². The fourth-order valence-electron chi connectivity index (χ4n) is 10.4. The second kappa shape index (κ2) is 34.2. The van der Waals surface area contributed by atoms with Gasteiger partial charge in [-0.1, -0.05) is 54.6 Å². The smallest absolute Gasteiger partial charge is 0.326 e. The molecule has 3 aromatic rings. The zero-order valence-corrected chi connectivity index (χ0v) is 50.2. The number of hydrogen-bond donors (Lipinski definition) is 15. The summed E-state index contributed by atoms with van der Waals surface area (Å²) < 4.78 is 0. The quantitative estimate of drug-likeness (QED) is 0.0117. The topological polar surface area (TPSA) is 519 Å². The highest BCUT2D eigenvalue weighted by Gasteiger charge is 2.47. The number of anilines is 1. The molecule has 0 spiro atoms. The van der Waals surface area contributed by atoms with Gasteiger partial charge in [0, 0.05) is 55.1 Å². The van der Waals surface area contributed by atoms with E-state index in [0.717, 1.165) is 9.80 Å². The number of aliphatic hydroxyl groups is 2. The molecule has 9 atom stereocenters. The lowest BCUT2D eigenvalue weighted by atomic mass is 10.0. The monoisotopic (exact) mass is 1270 g/mol. The van der Waals surface area contributed by atoms with Crippen molar-refractivity contribution >= 4 is 100 Å². The van der Waals surface area contributed by atoms with Crippen LogP contribution in [-0.4, -0.2) is 215 Å². The van der Waals surface area contributed by atoms with E-state index in [1.54, 1.807) is 72.1 Å². The van der Waals surface area contributed by atoms with Crippen molar-refractivity contribution in [2.45, 2.75) is 119 Å². The third kappa shape index (κ3) is 20.0. The Morgan fingerprint density at radius 1 is 0.711 bits per heavy atom. The van der Waals surface area contributed by atoms with Crippen LogP contribution in [-0.2, 0) is 54.4 Å². The van der Waals surface area contributed by atoms with Gasteiger partial charge in [0.1, 0.15) is 49.1 Å². The predicted octanol–water partition coefficient (Wildman–Crippen LogP) is -5.10. The number of aliphatic imine (C=N–C) groups is 4. The molecule has 1 aromatic heterocycles. The molecular formula is C57H79N19O13S. The maximum absolute atomic E-state index is 14.8. The van der Waals surface area contributed by atoms with Crippen molar-refractivity contribution in [1.82, 2.24) is 41.7 Å². The van der Waals surface area contributed by atoms with Crippen LogP contribution in [0.25, 0.3) is 0 Å². The number of nitrogens with two attached hydrogens (primary N) is 6. The maximum Gasteiger partial charge on any atom is 0.326 e. The van der Waals surface area contributed by atoms with Gasteiger partial charge >= 0.3 is 5.97 Å². The van der Waals surface area contributed by atoms with Gasteiger partial charge in [-0.3, -0.25) is 68.5 Å². The standard InChI is InChI=1S/C57H79N19O13S/c58-55(59)64-21-6-13-33(30-77)68-49(83)36(16-7-22-65-56(60)61)71-51(85)41-19-9-24-74(41)52(86)46-42(79)20-25-75(46)44(81)28-67-48(82)38(27-34-14-10-26-90-34)72-50(84)39(31-78)70-47-53(87)76(29-43(80)69-37(54(88)89)17-8-23-66-57(62)63)40-18-5-4-15-35(40)45(73-47)32-11-2-1-3-12-32/h1-5,10-12,14-15,18,26,30,33,36-39,41-42,46-47,70,78-79H,6-9,13,16-17,19-25,27-29,31H2,(H,67,82)(H,68,83)(H,69,80)(H,71,85)(H,72,84)(H,88,89)(H4,58,59,64)(H4,60,61,65)(H4,62,63,66)/t33-,36+,37+,38+,39+,41+,42?,46+,47+/m1/s1. The third-order valence-corrected chi connectivity index (χ3v) is 15.7. The summed E-state index contributed by atoms with van der Waals surface area (Å²) in [7, 11) is 0. The van der Waals surface area contributed by atoms with Crippen molar-refractivity contribution < 1.29 is 63.3 Å². The van der Waals surface area contributed by atoms with Crippen molar-refractivity contribution in [3.05, 3.63) is 88.1 Å². The van der Waals surface area contributed by atoms with Crippen LogP contribution in [0, 0.1) is 0 Å². The zero-order chi connectivity index (χ0) is 65.4. The number of carbonyl (C=O) groups excluding carboxylic acids is 9. The van der Waals surface area contributed by atoms with Gasteiger partial charge in [-0.25, -0.2) is 4.79 Å². The van der Waals surface area contributed by atoms with Gasteiger partial charge in [0.2, 0.25) is 41.4 Å². The number of benzene rings is 2. The van der Waals surface area contributed by atoms with Crippen LogP contribution in [0.4, 0.5) is 5.69 Å². The third-order valence-electron chi connectivity index (χ3n) is 14.8. The molecule has 33 heteroatoms. The molecule has 6 rings (SSSR count). The predicted molar refractivity (Wildman–Crippen MR) is 332 cm³/mol. The molecule has 0 radical (unpaired) electrons. The lowest BCUT2D eigenvalue weighted by Crippen LogP contribution is -2.59. The highest BCUT2D eigenvalue weighted by atomic mass is 32.1. The number of rotatable bonds is 33. The van der Waals surface area contributed by atoms with Gasteiger partial charge in [0.15, 0.2) is 24.0 Å². The SMILES string of the molecule is NC(N)=NCCC[C@H](NC(=O)CN1C(=O)[C@@H](N[C@@H](CO)C(=O)N[C@@H](Cc2cccs2)C(=O)NCC(=O)N2CCC(O)[C@H]2C(=O)N2CCC[C@H]2C(=O)N[C@@H](CCCN=C(N)N)C(=O)N[C@@H](C=O)CCCN=C(N)N)N=C(c2ccccc2)c2ccccc21)C(=O)O. The minimum atomic E-state index is -1.70. The van der Waals surface area contributed by atoms with Gasteiger partial charge in [-0.05, 0) is 75.3 Å². The number of thiophene rings is 1. The molecule has 32 nitrogen and oxygen atoms in total. The van der Waals surface area contributed by atoms with Crippen molar-refractivity contribution in [3.8, 4) is 0 Å². The number of aldehydes is 1. The Bertz CT molecular complexity index is 3140. The number of amides is 8. The van der Waals surface area contributed by atoms with Gasteiger partial charge in [0.25, 0.3) is 5.91 Å². The second-order valence-corrected chi connectivity index (χ2v) is 22.4. The molecular weight excluding hydrogens is 1190 g/mol. The van der Waals surface area contributed by atoms with Gasteiger partial charge in [0.05, 0.1) is 36.7 Å². The Hall–Kier alpha value is -9.60. The number of aliphatic hydroxyl groups excluding tert-OH is 2. The van der Waals surface area contributed by atoms with Crippen LogP contribution < -0.4 is 71.2 Å². The number of carboxylic acids is 1. The number of fused-ring (bicyclic) bond motifs is 1. The number of nitrogens with zero attached hydrogens (tertiary/aromatic N) is 7. The molecule has 21 N–H and O–H groups in total. The first kappa shape index (κ1) is 69.5. The first-order valence-electron chi connectivity index (χ1n) is 29.1. The Morgan fingerprint density at radius 3 is 1.97 bits per heavy atom. The Balaban J connectivity index is 1.15. The van der Waals surface area contributed by atoms with E-state index in [2.05, 4.69) is 46.9 Å². The summed E-state index contributed by atoms with van der Waals surface area (Å²) in [6, 6.07) is 9.32. The summed E-state index contributed by atoms with van der Waals surface area (Å²) in [6.07, 6.45) is -1.30. The van der Waals surface area contributed by atoms with Gasteiger partial charge < -0.3 is 90.9 Å². The number of carboxylic acid groups (broad SMARTS) is 1. The summed E-state index contributed by atoms with van der Waals surface area (Å²) in [6.45, 7) is -2.09. The first-order chi connectivity index (χ1) is 43.1. The number of nitrogens with one attached hydrogen (secondary N) is 6. The average molecular weight is 1270 g/mol. The molecule has 3 aliphatic heterocycles. The number of guanidine groups is 3. The number of aliphatic carboxylic acids is 1. The summed E-state index contributed by atoms with van der Waals surface area (Å²) in [4.78, 5) is 158. The molecule has 0 saturated carbocycles. The van der Waals surface area contributed by atoms with E-state index >= 15 is 0 Å². The van der Waals surface area contributed by atoms with Crippen LogP contribution in [0.5, 0.6) is 0 Å². The maximum atomic E-state index is 14.8. The van der Waals surface area contributed by atoms with E-state index in [9.17, 15) is 63.3 Å². The van der Waals surface area contributed by atoms with E-state index in [1.807, 2.05) is 0 Å². The Morgan fingerprint density at radius 2 is 1.34 bits per heavy atom. The van der Waals surface area contributed by atoms with Crippen molar-refractivity contribution in [2.75, 3.05) is 57.3 Å². The second-order valence-electron chi connectivity index (χ2n) is 21.3. The molecule has 90 heavy (non-hydrogen) atoms. The van der Waals surface area contributed by atoms with E-state index in [0.29, 0.717) is 35.1 Å². The van der Waals surface area contributed by atoms with E-state index in [-0.39, 0.29) is 113 Å². The van der Waals surface area contributed by atoms with Crippen molar-refractivity contribution in [2.24, 2.45) is 54.4 Å². The molecule has 2 aromatic carbocycles. The first-order valence-corrected chi connectivity index (χ1v) is 30.0. The molecule has 1 unspecified atom stereocenters. The van der Waals surface area contributed by atoms with Crippen LogP contribution in [0.3, 0.4) is 0 Å². The fourth-order valence-corrected chi connectivity index (χ4v) is 11.2. The molecule has 4 heterocycles. The number of hydrogen-bond acceptors (Lipinski definition) is 18. The summed E-state index contributed by atoms with van der Waals surface area (Å²) in [5.74, 6) is -8.45. The summed E-state index contributed by atoms with van der Waals surface area (Å²) >= 11 is 1.26. The summed E-state index contributed by atoms with van der Waals surface area (Å²) in [5, 5.41) is 49.5. The lowest BCUT2D eigenvalue weighted by molar-refractivity contribution is -0.149. The summed E-state index contributed by atoms with van der Waals surface area (Å²) in [5.41, 5.74) is 33.9. The largest absolute Gasteiger partial charge is 0.480 e. The highest BCUT2D eigenvalue weighted by molar-refractivity contribution is 7.09. The molecule has 486 valence electrons. The van der Waals surface area contributed by atoms with Crippen molar-refractivity contribution in [1.29, 1.82) is 0 Å². The average Bonchev–Trinajstić information content (AvgIpc) is 1.70. The zero-order valence-electron chi connectivity index (χ0n) is 49.4. The lowest BCUT2D eigenvalue weighted by Gasteiger charge is -2.33. The van der Waals surface area contributed by atoms with Crippen LogP contribution in [0.2, 0.25) is 0 Å². The van der Waals surface area contributed by atoms with E-state index < -0.39 is 127 Å². The molecule has 3 aliphatic rings. The number of carbonyl (C=O) groups is 10. The Kier molecular flexibility index (Phi) is 26.4. The van der Waals surface area contributed by atoms with Crippen molar-refractivity contribution in [3.63, 3.8) is 0 Å². The molecule has 0 bridgehead atoms. The number of benzodiazepines with no additional fused rings is 1. The molecule has 8 amide bonds. The molecule has 0 aliphatic carbocycles.